The van der Waals surface area contributed by atoms with Crippen molar-refractivity contribution in [3.8, 4) is 0 Å². The summed E-state index contributed by atoms with van der Waals surface area (Å²) in [5, 5.41) is 19.4. The molecule has 10 heteroatoms. The van der Waals surface area contributed by atoms with Crippen LogP contribution in [0.2, 0.25) is 5.15 Å². The number of hydrogen-bond acceptors (Lipinski definition) is 8. The molecule has 0 radical (unpaired) electrons. The van der Waals surface area contributed by atoms with Crippen molar-refractivity contribution in [3.63, 3.8) is 0 Å². The fourth-order valence-electron chi connectivity index (χ4n) is 3.73. The Morgan fingerprint density at radius 1 is 1.10 bits per heavy atom. The molecule has 4 N–H and O–H groups in total. The number of carbonyl (C=O) groups is 1. The van der Waals surface area contributed by atoms with Crippen LogP contribution in [0.5, 0.6) is 0 Å². The topological polar surface area (TPSA) is 125 Å². The van der Waals surface area contributed by atoms with Gasteiger partial charge in [0.05, 0.1) is 18.1 Å². The van der Waals surface area contributed by atoms with Gasteiger partial charge < -0.3 is 21.1 Å². The Morgan fingerprint density at radius 3 is 2.61 bits per heavy atom. The molecule has 3 aromatic rings. The largest absolute Gasteiger partial charge is 0.387 e. The summed E-state index contributed by atoms with van der Waals surface area (Å²) < 4.78 is 0. The third-order valence-corrected chi connectivity index (χ3v) is 5.67. The van der Waals surface area contributed by atoms with Crippen molar-refractivity contribution in [2.24, 2.45) is 5.92 Å². The number of pyridine rings is 2. The average molecular weight is 442 g/mol. The van der Waals surface area contributed by atoms with Crippen LogP contribution in [-0.4, -0.2) is 50.1 Å². The van der Waals surface area contributed by atoms with Gasteiger partial charge in [-0.25, -0.2) is 19.9 Å². The van der Waals surface area contributed by atoms with Crippen LogP contribution in [0.3, 0.4) is 0 Å². The standard InChI is InChI=1S/C21H24ClN7O2/c22-20-19-14(7-8-23-20)3-6-17(29-19)27-15-4-1-13(2-5-15)9-24-21-25-10-16(11-26-21)28-18(31)12-30/h3,6-8,10-11,13,15,30H,1-2,4-5,9,12H2,(H,27,29)(H,28,31)(H,24,25,26). The highest BCUT2D eigenvalue weighted by Crippen LogP contribution is 2.27. The quantitative estimate of drug-likeness (QED) is 0.412. The van der Waals surface area contributed by atoms with Gasteiger partial charge in [0.1, 0.15) is 17.9 Å². The molecule has 162 valence electrons. The molecule has 0 bridgehead atoms. The summed E-state index contributed by atoms with van der Waals surface area (Å²) in [6.45, 7) is 0.226. The molecule has 1 aliphatic rings. The van der Waals surface area contributed by atoms with Gasteiger partial charge in [-0.15, -0.1) is 0 Å². The van der Waals surface area contributed by atoms with E-state index in [-0.39, 0.29) is 0 Å². The van der Waals surface area contributed by atoms with E-state index in [1.165, 1.54) is 12.4 Å². The van der Waals surface area contributed by atoms with Gasteiger partial charge in [-0.1, -0.05) is 11.6 Å². The highest BCUT2D eigenvalue weighted by molar-refractivity contribution is 6.33. The number of rotatable bonds is 7. The van der Waals surface area contributed by atoms with Crippen LogP contribution in [-0.2, 0) is 4.79 Å². The van der Waals surface area contributed by atoms with E-state index < -0.39 is 12.5 Å². The molecule has 4 rings (SSSR count). The fourth-order valence-corrected chi connectivity index (χ4v) is 3.94. The molecule has 3 heterocycles. The lowest BCUT2D eigenvalue weighted by molar-refractivity contribution is -0.118. The van der Waals surface area contributed by atoms with Crippen LogP contribution in [0.25, 0.3) is 10.9 Å². The monoisotopic (exact) mass is 441 g/mol. The molecule has 1 fully saturated rings. The van der Waals surface area contributed by atoms with Crippen molar-refractivity contribution in [3.05, 3.63) is 41.9 Å². The van der Waals surface area contributed by atoms with E-state index in [2.05, 4.69) is 35.9 Å². The average Bonchev–Trinajstić information content (AvgIpc) is 2.80. The number of fused-ring (bicyclic) bond motifs is 1. The fraction of sp³-hybridized carbons (Fsp3) is 0.381. The predicted octanol–water partition coefficient (Wildman–Crippen LogP) is 3.09. The second-order valence-electron chi connectivity index (χ2n) is 7.61. The maximum absolute atomic E-state index is 11.2. The molecule has 0 aromatic carbocycles. The first-order chi connectivity index (χ1) is 15.1. The first-order valence-electron chi connectivity index (χ1n) is 10.2. The minimum atomic E-state index is -0.570. The number of nitrogens with one attached hydrogen (secondary N) is 3. The van der Waals surface area contributed by atoms with E-state index >= 15 is 0 Å². The summed E-state index contributed by atoms with van der Waals surface area (Å²) in [6.07, 6.45) is 9.00. The number of aliphatic hydroxyl groups is 1. The van der Waals surface area contributed by atoms with Crippen molar-refractivity contribution in [2.45, 2.75) is 31.7 Å². The number of halogens is 1. The van der Waals surface area contributed by atoms with Gasteiger partial charge in [0.25, 0.3) is 0 Å². The first-order valence-corrected chi connectivity index (χ1v) is 10.6. The zero-order valence-electron chi connectivity index (χ0n) is 16.9. The van der Waals surface area contributed by atoms with E-state index in [4.69, 9.17) is 16.7 Å². The van der Waals surface area contributed by atoms with Gasteiger partial charge in [-0.3, -0.25) is 4.79 Å². The molecule has 31 heavy (non-hydrogen) atoms. The zero-order chi connectivity index (χ0) is 21.6. The number of hydrogen-bond donors (Lipinski definition) is 4. The predicted molar refractivity (Wildman–Crippen MR) is 120 cm³/mol. The molecular formula is C21H24ClN7O2. The number of nitrogens with zero attached hydrogens (tertiary/aromatic N) is 4. The molecule has 1 saturated carbocycles. The molecule has 0 unspecified atom stereocenters. The SMILES string of the molecule is O=C(CO)Nc1cnc(NCC2CCC(Nc3ccc4ccnc(Cl)c4n3)CC2)nc1. The highest BCUT2D eigenvalue weighted by atomic mass is 35.5. The van der Waals surface area contributed by atoms with Gasteiger partial charge in [0, 0.05) is 24.2 Å². The van der Waals surface area contributed by atoms with Crippen molar-refractivity contribution in [2.75, 3.05) is 29.1 Å². The molecule has 0 spiro atoms. The second-order valence-corrected chi connectivity index (χ2v) is 7.97. The first kappa shape index (κ1) is 21.2. The van der Waals surface area contributed by atoms with Gasteiger partial charge in [0.15, 0.2) is 5.15 Å². The molecule has 0 atom stereocenters. The summed E-state index contributed by atoms with van der Waals surface area (Å²) in [6, 6.07) is 6.27. The molecular weight excluding hydrogens is 418 g/mol. The third kappa shape index (κ3) is 5.56. The molecule has 1 amide bonds. The van der Waals surface area contributed by atoms with E-state index in [0.717, 1.165) is 43.4 Å². The van der Waals surface area contributed by atoms with E-state index in [1.807, 2.05) is 18.2 Å². The third-order valence-electron chi connectivity index (χ3n) is 5.39. The molecule has 1 aliphatic carbocycles. The van der Waals surface area contributed by atoms with Crippen molar-refractivity contribution < 1.29 is 9.90 Å². The molecule has 3 aromatic heterocycles. The Hall–Kier alpha value is -3.04. The number of aliphatic hydroxyl groups excluding tert-OH is 1. The van der Waals surface area contributed by atoms with Crippen molar-refractivity contribution in [1.82, 2.24) is 19.9 Å². The molecule has 0 aliphatic heterocycles. The van der Waals surface area contributed by atoms with Crippen LogP contribution in [0, 0.1) is 5.92 Å². The maximum atomic E-state index is 11.2. The Balaban J connectivity index is 1.24. The normalized spacial score (nSPS) is 18.5. The van der Waals surface area contributed by atoms with Crippen LogP contribution in [0.15, 0.2) is 36.8 Å². The number of aromatic nitrogens is 4. The number of anilines is 3. The zero-order valence-corrected chi connectivity index (χ0v) is 17.6. The van der Waals surface area contributed by atoms with Gasteiger partial charge >= 0.3 is 0 Å². The molecule has 0 saturated heterocycles. The summed E-state index contributed by atoms with van der Waals surface area (Å²) in [5.74, 6) is 1.39. The van der Waals surface area contributed by atoms with Gasteiger partial charge in [-0.05, 0) is 49.8 Å². The Kier molecular flexibility index (Phi) is 6.73. The summed E-state index contributed by atoms with van der Waals surface area (Å²) in [7, 11) is 0. The Morgan fingerprint density at radius 2 is 1.87 bits per heavy atom. The van der Waals surface area contributed by atoms with Crippen LogP contribution >= 0.6 is 11.6 Å². The summed E-state index contributed by atoms with van der Waals surface area (Å²) in [4.78, 5) is 28.3. The van der Waals surface area contributed by atoms with E-state index in [0.29, 0.717) is 34.3 Å². The number of amides is 1. The van der Waals surface area contributed by atoms with E-state index in [1.54, 1.807) is 6.20 Å². The van der Waals surface area contributed by atoms with Crippen LogP contribution in [0.1, 0.15) is 25.7 Å². The minimum Gasteiger partial charge on any atom is -0.387 e. The molecule has 9 nitrogen and oxygen atoms in total. The second kappa shape index (κ2) is 9.84. The van der Waals surface area contributed by atoms with Crippen LogP contribution < -0.4 is 16.0 Å². The van der Waals surface area contributed by atoms with E-state index in [9.17, 15) is 4.79 Å². The lowest BCUT2D eigenvalue weighted by atomic mass is 9.86. The lowest BCUT2D eigenvalue weighted by Gasteiger charge is -2.29. The Bertz CT molecular complexity index is 1040. The van der Waals surface area contributed by atoms with Gasteiger partial charge in [-0.2, -0.15) is 0 Å². The van der Waals surface area contributed by atoms with Crippen LogP contribution in [0.4, 0.5) is 17.5 Å². The smallest absolute Gasteiger partial charge is 0.250 e. The number of carbonyl (C=O) groups excluding carboxylic acids is 1. The Labute approximate surface area is 184 Å². The minimum absolute atomic E-state index is 0.377. The lowest BCUT2D eigenvalue weighted by Crippen LogP contribution is -2.29. The maximum Gasteiger partial charge on any atom is 0.250 e. The summed E-state index contributed by atoms with van der Waals surface area (Å²) in [5.41, 5.74) is 1.17. The van der Waals surface area contributed by atoms with Crippen molar-refractivity contribution >= 4 is 45.9 Å². The summed E-state index contributed by atoms with van der Waals surface area (Å²) >= 11 is 6.17. The van der Waals surface area contributed by atoms with Crippen molar-refractivity contribution in [1.29, 1.82) is 0 Å². The van der Waals surface area contributed by atoms with Gasteiger partial charge in [0.2, 0.25) is 11.9 Å². The highest BCUT2D eigenvalue weighted by Gasteiger charge is 2.21.